The molecule has 25 heteroatoms. The summed E-state index contributed by atoms with van der Waals surface area (Å²) in [5.74, 6) is -1.34. The number of hydrogen-bond acceptors (Lipinski definition) is 23. The van der Waals surface area contributed by atoms with Gasteiger partial charge in [0.15, 0.2) is 31.5 Å². The summed E-state index contributed by atoms with van der Waals surface area (Å²) in [6, 6.07) is -2.93. The zero-order valence-corrected chi connectivity index (χ0v) is 32.7. The first-order chi connectivity index (χ1) is 27.7. The first-order valence-electron chi connectivity index (χ1n) is 19.2. The van der Waals surface area contributed by atoms with Crippen molar-refractivity contribution in [3.8, 4) is 0 Å². The number of aliphatic hydroxyl groups excluding tert-OH is 12. The average molecular weight is 863 g/mol. The molecular weight excluding hydrogens is 804 g/mol. The van der Waals surface area contributed by atoms with Crippen molar-refractivity contribution in [1.29, 1.82) is 0 Å². The van der Waals surface area contributed by atoms with E-state index in [9.17, 15) is 70.9 Å². The summed E-state index contributed by atoms with van der Waals surface area (Å²) in [4.78, 5) is 23.9. The maximum absolute atomic E-state index is 12.0. The monoisotopic (exact) mass is 862 g/mol. The van der Waals surface area contributed by atoms with E-state index in [-0.39, 0.29) is 0 Å². The van der Waals surface area contributed by atoms with Crippen molar-refractivity contribution in [3.63, 3.8) is 0 Å². The summed E-state index contributed by atoms with van der Waals surface area (Å²) in [6.45, 7) is 4.73. The van der Waals surface area contributed by atoms with Crippen molar-refractivity contribution in [3.05, 3.63) is 0 Å². The van der Waals surface area contributed by atoms with Crippen LogP contribution in [0.1, 0.15) is 34.6 Å². The van der Waals surface area contributed by atoms with Gasteiger partial charge in [0.25, 0.3) is 0 Å². The van der Waals surface area contributed by atoms with Crippen molar-refractivity contribution < 1.29 is 113 Å². The van der Waals surface area contributed by atoms with E-state index < -0.39 is 178 Å². The van der Waals surface area contributed by atoms with Gasteiger partial charge >= 0.3 is 0 Å². The highest BCUT2D eigenvalue weighted by Gasteiger charge is 2.56. The van der Waals surface area contributed by atoms with E-state index in [1.54, 1.807) is 0 Å². The van der Waals surface area contributed by atoms with Crippen LogP contribution in [-0.2, 0) is 52.2 Å². The van der Waals surface area contributed by atoms with E-state index >= 15 is 0 Å². The van der Waals surface area contributed by atoms with Crippen molar-refractivity contribution in [1.82, 2.24) is 10.6 Å². The highest BCUT2D eigenvalue weighted by atomic mass is 16.8. The van der Waals surface area contributed by atoms with Gasteiger partial charge in [-0.25, -0.2) is 0 Å². The second-order valence-corrected chi connectivity index (χ2v) is 15.4. The molecule has 0 bridgehead atoms. The molecule has 1 unspecified atom stereocenters. The van der Waals surface area contributed by atoms with Crippen LogP contribution >= 0.6 is 0 Å². The lowest BCUT2D eigenvalue weighted by atomic mass is 9.95. The minimum atomic E-state index is -2.00. The molecule has 5 aliphatic rings. The number of nitrogens with one attached hydrogen (secondary N) is 2. The Bertz CT molecular complexity index is 1390. The van der Waals surface area contributed by atoms with Gasteiger partial charge in [-0.2, -0.15) is 0 Å². The second kappa shape index (κ2) is 20.1. The predicted octanol–water partition coefficient (Wildman–Crippen LogP) is -8.55. The molecule has 5 aliphatic heterocycles. The lowest BCUT2D eigenvalue weighted by molar-refractivity contribution is -0.393. The molecule has 5 heterocycles. The number of hydrogen-bond donors (Lipinski definition) is 14. The van der Waals surface area contributed by atoms with Gasteiger partial charge in [0.2, 0.25) is 11.8 Å². The lowest BCUT2D eigenvalue weighted by Crippen LogP contribution is -2.69. The zero-order valence-electron chi connectivity index (χ0n) is 32.7. The van der Waals surface area contributed by atoms with Gasteiger partial charge in [0, 0.05) is 13.8 Å². The zero-order chi connectivity index (χ0) is 43.8. The fourth-order valence-electron chi connectivity index (χ4n) is 7.64. The van der Waals surface area contributed by atoms with Gasteiger partial charge in [-0.3, -0.25) is 9.59 Å². The van der Waals surface area contributed by atoms with Crippen LogP contribution in [0, 0.1) is 0 Å². The summed E-state index contributed by atoms with van der Waals surface area (Å²) < 4.78 is 51.7. The molecule has 5 rings (SSSR count). The Balaban J connectivity index is 1.35. The fourth-order valence-corrected chi connectivity index (χ4v) is 7.64. The smallest absolute Gasteiger partial charge is 0.217 e. The normalized spacial score (nSPS) is 50.8. The minimum absolute atomic E-state index is 0.670. The quantitative estimate of drug-likeness (QED) is 0.0866. The first-order valence-corrected chi connectivity index (χ1v) is 19.2. The van der Waals surface area contributed by atoms with Crippen molar-refractivity contribution in [2.45, 2.75) is 188 Å². The van der Waals surface area contributed by atoms with Gasteiger partial charge in [-0.1, -0.05) is 0 Å². The van der Waals surface area contributed by atoms with Crippen LogP contribution in [0.3, 0.4) is 0 Å². The molecule has 0 aromatic heterocycles. The van der Waals surface area contributed by atoms with Gasteiger partial charge in [-0.05, 0) is 20.8 Å². The molecule has 5 fully saturated rings. The number of aliphatic hydroxyl groups is 12. The summed E-state index contributed by atoms with van der Waals surface area (Å²) in [7, 11) is 0. The molecule has 0 radical (unpaired) electrons. The maximum Gasteiger partial charge on any atom is 0.217 e. The molecule has 59 heavy (non-hydrogen) atoms. The predicted molar refractivity (Wildman–Crippen MR) is 185 cm³/mol. The lowest BCUT2D eigenvalue weighted by Gasteiger charge is -2.50. The molecule has 0 aromatic rings. The highest BCUT2D eigenvalue weighted by molar-refractivity contribution is 5.73. The van der Waals surface area contributed by atoms with E-state index in [1.165, 1.54) is 20.8 Å². The molecule has 14 N–H and O–H groups in total. The van der Waals surface area contributed by atoms with Crippen LogP contribution in [0.5, 0.6) is 0 Å². The molecule has 25 nitrogen and oxygen atoms in total. The van der Waals surface area contributed by atoms with Gasteiger partial charge in [0.05, 0.1) is 31.5 Å². The standard InChI is InChI=1S/C34H58N2O23/c1-8-19(43)28(58-32-16(36-12(5)40)23(47)21(45)14(7-38)55-32)29(30(50)51-8)59-34-25(49)27(18(42)10(3)53-34)57-33-24(48)26(17(41)9(2)52-33)56-31-15(35-11(4)39)22(46)20(44)13(6-37)54-31/h8-10,13-34,37-38,41-50H,6-7H2,1-5H3,(H,35,39)(H,36,40)/t8-,9-,10-,13+,14+,15+,16+,17-,18-,19-,20+,21+,22+,23+,24+,25+,26+,27+,28+,29+,30?,31-,32-,33-,34-/m0/s1. The SMILES string of the molecule is CC(=O)N[C@H]1[C@H](O[C@@H]2[C@@H](O)[C@H](C)O[C@@H](O[C@@H]3[C@@H](O)[C@H](C)O[C@@H](O[C@H]4C(O)O[C@@H](C)[C@H](O)[C@H]4O[C@@H]4O[C@H](CO)[C@@H](O)[C@H](O)[C@H]4NC(C)=O)[C@@H]3O)[C@@H]2O)O[C@H](CO)[C@@H](O)[C@@H]1O. The average Bonchev–Trinajstić information content (AvgIpc) is 3.17. The Morgan fingerprint density at radius 1 is 0.441 bits per heavy atom. The molecule has 5 saturated heterocycles. The van der Waals surface area contributed by atoms with Gasteiger partial charge < -0.3 is 115 Å². The van der Waals surface area contributed by atoms with Crippen LogP contribution in [0.15, 0.2) is 0 Å². The molecular formula is C34H58N2O23. The van der Waals surface area contributed by atoms with Crippen LogP contribution in [0.2, 0.25) is 0 Å². The number of carbonyl (C=O) groups is 2. The largest absolute Gasteiger partial charge is 0.394 e. The molecule has 342 valence electrons. The summed E-state index contributed by atoms with van der Waals surface area (Å²) in [6.07, 6.45) is -37.8. The third-order valence-electron chi connectivity index (χ3n) is 11.0. The van der Waals surface area contributed by atoms with Crippen molar-refractivity contribution in [2.24, 2.45) is 0 Å². The summed E-state index contributed by atoms with van der Waals surface area (Å²) >= 11 is 0. The molecule has 2 amide bonds. The Labute approximate surface area is 337 Å². The third kappa shape index (κ3) is 10.3. The Morgan fingerprint density at radius 3 is 1.17 bits per heavy atom. The highest BCUT2D eigenvalue weighted by Crippen LogP contribution is 2.36. The topological polar surface area (TPSA) is 384 Å². The first kappa shape index (κ1) is 48.1. The van der Waals surface area contributed by atoms with E-state index in [1.807, 2.05) is 0 Å². The summed E-state index contributed by atoms with van der Waals surface area (Å²) in [5, 5.41) is 134. The minimum Gasteiger partial charge on any atom is -0.394 e. The number of amides is 2. The van der Waals surface area contributed by atoms with E-state index in [0.29, 0.717) is 0 Å². The number of rotatable bonds is 12. The van der Waals surface area contributed by atoms with E-state index in [0.717, 1.165) is 13.8 Å². The number of carbonyl (C=O) groups excluding carboxylic acids is 2. The van der Waals surface area contributed by atoms with Crippen LogP contribution < -0.4 is 10.6 Å². The van der Waals surface area contributed by atoms with E-state index in [2.05, 4.69) is 10.6 Å². The van der Waals surface area contributed by atoms with Crippen molar-refractivity contribution >= 4 is 11.8 Å². The van der Waals surface area contributed by atoms with Crippen molar-refractivity contribution in [2.75, 3.05) is 13.2 Å². The third-order valence-corrected chi connectivity index (χ3v) is 11.0. The Hall–Kier alpha value is -1.90. The van der Waals surface area contributed by atoms with Gasteiger partial charge in [0.1, 0.15) is 104 Å². The molecule has 0 saturated carbocycles. The fraction of sp³-hybridized carbons (Fsp3) is 0.941. The van der Waals surface area contributed by atoms with E-state index in [4.69, 9.17) is 42.6 Å². The Morgan fingerprint density at radius 2 is 0.780 bits per heavy atom. The molecule has 0 aromatic carbocycles. The van der Waals surface area contributed by atoms with Gasteiger partial charge in [-0.15, -0.1) is 0 Å². The second-order valence-electron chi connectivity index (χ2n) is 15.4. The number of ether oxygens (including phenoxy) is 9. The summed E-state index contributed by atoms with van der Waals surface area (Å²) in [5.41, 5.74) is 0. The molecule has 0 aliphatic carbocycles. The maximum atomic E-state index is 12.0. The Kier molecular flexibility index (Phi) is 16.4. The molecule has 0 spiro atoms. The van der Waals surface area contributed by atoms with Crippen LogP contribution in [0.4, 0.5) is 0 Å². The van der Waals surface area contributed by atoms with Crippen LogP contribution in [-0.4, -0.2) is 240 Å². The molecule has 25 atom stereocenters. The van der Waals surface area contributed by atoms with Crippen LogP contribution in [0.25, 0.3) is 0 Å².